The van der Waals surface area contributed by atoms with E-state index in [1.807, 2.05) is 12.4 Å². The van der Waals surface area contributed by atoms with Gasteiger partial charge in [0.25, 0.3) is 0 Å². The molecule has 0 unspecified atom stereocenters. The molecular formula is C16H21ClN4. The number of halogens is 1. The molecule has 0 amide bonds. The number of nitrogens with zero attached hydrogens (tertiary/aromatic N) is 4. The van der Waals surface area contributed by atoms with Crippen molar-refractivity contribution in [2.75, 3.05) is 11.4 Å². The third-order valence-electron chi connectivity index (χ3n) is 3.86. The maximum atomic E-state index is 6.06. The SMILES string of the molecule is CC(C)(C)c1cc(CCl)cc(N2CCn3ccnc3C2)n1. The van der Waals surface area contributed by atoms with Crippen molar-refractivity contribution in [2.45, 2.75) is 45.2 Å². The average molecular weight is 305 g/mol. The highest BCUT2D eigenvalue weighted by molar-refractivity contribution is 6.17. The Balaban J connectivity index is 1.95. The predicted octanol–water partition coefficient (Wildman–Crippen LogP) is 3.33. The molecule has 0 fully saturated rings. The Bertz CT molecular complexity index is 642. The zero-order chi connectivity index (χ0) is 15.0. The fraction of sp³-hybridized carbons (Fsp3) is 0.500. The second-order valence-electron chi connectivity index (χ2n) is 6.56. The first-order valence-corrected chi connectivity index (χ1v) is 7.83. The van der Waals surface area contributed by atoms with Gasteiger partial charge in [-0.2, -0.15) is 0 Å². The van der Waals surface area contributed by atoms with Crippen molar-refractivity contribution < 1.29 is 0 Å². The minimum atomic E-state index is 0.0189. The number of hydrogen-bond acceptors (Lipinski definition) is 3. The van der Waals surface area contributed by atoms with Crippen molar-refractivity contribution in [1.82, 2.24) is 14.5 Å². The summed E-state index contributed by atoms with van der Waals surface area (Å²) in [5, 5.41) is 0. The molecule has 2 aromatic rings. The molecule has 0 spiro atoms. The van der Waals surface area contributed by atoms with E-state index in [4.69, 9.17) is 16.6 Å². The standard InChI is InChI=1S/C16H21ClN4/c1-16(2,3)13-8-12(10-17)9-14(19-13)21-7-6-20-5-4-18-15(20)11-21/h4-5,8-9H,6-7,10-11H2,1-3H3. The third-order valence-corrected chi connectivity index (χ3v) is 4.17. The van der Waals surface area contributed by atoms with Gasteiger partial charge >= 0.3 is 0 Å². The van der Waals surface area contributed by atoms with Gasteiger partial charge < -0.3 is 9.47 Å². The monoisotopic (exact) mass is 304 g/mol. The maximum absolute atomic E-state index is 6.06. The molecule has 3 rings (SSSR count). The van der Waals surface area contributed by atoms with E-state index in [1.54, 1.807) is 0 Å². The zero-order valence-corrected chi connectivity index (χ0v) is 13.6. The van der Waals surface area contributed by atoms with Crippen LogP contribution in [0, 0.1) is 0 Å². The van der Waals surface area contributed by atoms with E-state index in [0.29, 0.717) is 5.88 Å². The van der Waals surface area contributed by atoms with Crippen LogP contribution in [0.5, 0.6) is 0 Å². The second kappa shape index (κ2) is 5.34. The first-order valence-electron chi connectivity index (χ1n) is 7.30. The van der Waals surface area contributed by atoms with Crippen LogP contribution in [0.4, 0.5) is 5.82 Å². The molecule has 5 heteroatoms. The topological polar surface area (TPSA) is 34.0 Å². The molecule has 0 N–H and O–H groups in total. The zero-order valence-electron chi connectivity index (χ0n) is 12.8. The quantitative estimate of drug-likeness (QED) is 0.798. The number of aromatic nitrogens is 3. The molecule has 0 atom stereocenters. The van der Waals surface area contributed by atoms with Crippen LogP contribution in [-0.2, 0) is 24.4 Å². The largest absolute Gasteiger partial charge is 0.347 e. The van der Waals surface area contributed by atoms with E-state index < -0.39 is 0 Å². The van der Waals surface area contributed by atoms with Gasteiger partial charge in [-0.15, -0.1) is 11.6 Å². The summed E-state index contributed by atoms with van der Waals surface area (Å²) in [5.41, 5.74) is 2.23. The lowest BCUT2D eigenvalue weighted by Crippen LogP contribution is -2.34. The Morgan fingerprint density at radius 2 is 2.05 bits per heavy atom. The van der Waals surface area contributed by atoms with E-state index in [1.165, 1.54) is 0 Å². The predicted molar refractivity (Wildman–Crippen MR) is 85.8 cm³/mol. The Kier molecular flexibility index (Phi) is 3.66. The van der Waals surface area contributed by atoms with Gasteiger partial charge in [-0.3, -0.25) is 0 Å². The van der Waals surface area contributed by atoms with Crippen molar-refractivity contribution in [3.63, 3.8) is 0 Å². The number of alkyl halides is 1. The molecule has 0 radical (unpaired) electrons. The molecule has 3 heterocycles. The molecule has 0 bridgehead atoms. The van der Waals surface area contributed by atoms with Gasteiger partial charge in [0, 0.05) is 42.5 Å². The summed E-state index contributed by atoms with van der Waals surface area (Å²) < 4.78 is 2.20. The summed E-state index contributed by atoms with van der Waals surface area (Å²) >= 11 is 6.06. The van der Waals surface area contributed by atoms with Gasteiger partial charge in [-0.25, -0.2) is 9.97 Å². The third kappa shape index (κ3) is 2.91. The van der Waals surface area contributed by atoms with Crippen LogP contribution < -0.4 is 4.90 Å². The molecule has 0 saturated heterocycles. The molecular weight excluding hydrogens is 284 g/mol. The molecule has 0 aliphatic carbocycles. The normalized spacial score (nSPS) is 15.1. The summed E-state index contributed by atoms with van der Waals surface area (Å²) in [6.07, 6.45) is 3.90. The summed E-state index contributed by atoms with van der Waals surface area (Å²) in [6, 6.07) is 4.21. The van der Waals surface area contributed by atoms with Crippen LogP contribution in [0.2, 0.25) is 0 Å². The van der Waals surface area contributed by atoms with Gasteiger partial charge in [-0.05, 0) is 17.7 Å². The van der Waals surface area contributed by atoms with Gasteiger partial charge in [-0.1, -0.05) is 20.8 Å². The Hall–Kier alpha value is -1.55. The van der Waals surface area contributed by atoms with Crippen molar-refractivity contribution in [3.05, 3.63) is 41.6 Å². The number of pyridine rings is 1. The second-order valence-corrected chi connectivity index (χ2v) is 6.83. The van der Waals surface area contributed by atoms with Crippen LogP contribution >= 0.6 is 11.6 Å². The minimum absolute atomic E-state index is 0.0189. The molecule has 0 saturated carbocycles. The van der Waals surface area contributed by atoms with E-state index >= 15 is 0 Å². The first-order chi connectivity index (χ1) is 9.97. The molecule has 112 valence electrons. The highest BCUT2D eigenvalue weighted by Crippen LogP contribution is 2.27. The van der Waals surface area contributed by atoms with Crippen LogP contribution in [0.1, 0.15) is 37.9 Å². The molecule has 21 heavy (non-hydrogen) atoms. The maximum Gasteiger partial charge on any atom is 0.129 e. The van der Waals surface area contributed by atoms with E-state index in [2.05, 4.69) is 47.4 Å². The van der Waals surface area contributed by atoms with Crippen molar-refractivity contribution in [2.24, 2.45) is 0 Å². The van der Waals surface area contributed by atoms with E-state index in [9.17, 15) is 0 Å². The van der Waals surface area contributed by atoms with Gasteiger partial charge in [0.1, 0.15) is 11.6 Å². The fourth-order valence-electron chi connectivity index (χ4n) is 2.56. The van der Waals surface area contributed by atoms with Crippen molar-refractivity contribution in [3.8, 4) is 0 Å². The molecule has 0 aromatic carbocycles. The van der Waals surface area contributed by atoms with Gasteiger partial charge in [0.2, 0.25) is 0 Å². The number of fused-ring (bicyclic) bond motifs is 1. The van der Waals surface area contributed by atoms with Crippen LogP contribution in [-0.4, -0.2) is 21.1 Å². The number of rotatable bonds is 2. The highest BCUT2D eigenvalue weighted by Gasteiger charge is 2.22. The highest BCUT2D eigenvalue weighted by atomic mass is 35.5. The fourth-order valence-corrected chi connectivity index (χ4v) is 2.72. The van der Waals surface area contributed by atoms with Crippen LogP contribution in [0.3, 0.4) is 0 Å². The number of imidazole rings is 1. The van der Waals surface area contributed by atoms with Crippen molar-refractivity contribution in [1.29, 1.82) is 0 Å². The average Bonchev–Trinajstić information content (AvgIpc) is 2.93. The van der Waals surface area contributed by atoms with Gasteiger partial charge in [0.15, 0.2) is 0 Å². The molecule has 2 aromatic heterocycles. The summed E-state index contributed by atoms with van der Waals surface area (Å²) in [5.74, 6) is 2.62. The Morgan fingerprint density at radius 3 is 2.76 bits per heavy atom. The minimum Gasteiger partial charge on any atom is -0.347 e. The summed E-state index contributed by atoms with van der Waals surface area (Å²) in [7, 11) is 0. The van der Waals surface area contributed by atoms with Crippen LogP contribution in [0.25, 0.3) is 0 Å². The van der Waals surface area contributed by atoms with E-state index in [0.717, 1.165) is 42.5 Å². The number of anilines is 1. The van der Waals surface area contributed by atoms with Crippen LogP contribution in [0.15, 0.2) is 24.5 Å². The van der Waals surface area contributed by atoms with Crippen molar-refractivity contribution >= 4 is 17.4 Å². The summed E-state index contributed by atoms with van der Waals surface area (Å²) in [6.45, 7) is 9.24. The summed E-state index contributed by atoms with van der Waals surface area (Å²) in [4.78, 5) is 11.6. The Labute approximate surface area is 130 Å². The lowest BCUT2D eigenvalue weighted by molar-refractivity contribution is 0.544. The lowest BCUT2D eigenvalue weighted by Gasteiger charge is -2.30. The van der Waals surface area contributed by atoms with Gasteiger partial charge in [0.05, 0.1) is 6.54 Å². The molecule has 1 aliphatic rings. The Morgan fingerprint density at radius 1 is 1.24 bits per heavy atom. The molecule has 1 aliphatic heterocycles. The lowest BCUT2D eigenvalue weighted by atomic mass is 9.91. The first kappa shape index (κ1) is 14.4. The molecule has 4 nitrogen and oxygen atoms in total. The van der Waals surface area contributed by atoms with E-state index in [-0.39, 0.29) is 5.41 Å². The smallest absolute Gasteiger partial charge is 0.129 e. The number of hydrogen-bond donors (Lipinski definition) is 0.